The minimum absolute atomic E-state index is 0.0340. The standard InChI is InChI=1S/C19H17N3O6S2/c1-11-16(12-5-3-2-4-6-12)19(11,18(25)26)21-30(27,28)15-8-7-14(29-15)22-10-13(9-20-22)17(23)24/h2-11,16,21H,1H3,(H,23,24)(H,25,26)/t11-,16-,19+/m1/s1. The van der Waals surface area contributed by atoms with Gasteiger partial charge in [-0.1, -0.05) is 37.3 Å². The molecule has 1 aliphatic rings. The summed E-state index contributed by atoms with van der Waals surface area (Å²) in [4.78, 5) is 23.1. The molecule has 3 aromatic rings. The van der Waals surface area contributed by atoms with Crippen molar-refractivity contribution in [2.24, 2.45) is 5.92 Å². The molecule has 3 N–H and O–H groups in total. The first-order valence-electron chi connectivity index (χ1n) is 8.87. The summed E-state index contributed by atoms with van der Waals surface area (Å²) in [6.45, 7) is 1.70. The number of aromatic carboxylic acids is 1. The van der Waals surface area contributed by atoms with Gasteiger partial charge in [-0.15, -0.1) is 11.3 Å². The smallest absolute Gasteiger partial charge is 0.338 e. The van der Waals surface area contributed by atoms with Crippen LogP contribution in [0.1, 0.15) is 28.8 Å². The number of benzene rings is 1. The van der Waals surface area contributed by atoms with Crippen molar-refractivity contribution in [1.82, 2.24) is 14.5 Å². The molecule has 0 radical (unpaired) electrons. The van der Waals surface area contributed by atoms with Crippen molar-refractivity contribution in [3.8, 4) is 5.00 Å². The maximum atomic E-state index is 13.0. The Morgan fingerprint density at radius 2 is 1.87 bits per heavy atom. The second-order valence-electron chi connectivity index (χ2n) is 7.03. The van der Waals surface area contributed by atoms with Crippen molar-refractivity contribution in [2.45, 2.75) is 22.6 Å². The molecule has 2 aromatic heterocycles. The first-order valence-corrected chi connectivity index (χ1v) is 11.2. The molecule has 2 heterocycles. The van der Waals surface area contributed by atoms with E-state index in [1.54, 1.807) is 37.3 Å². The maximum Gasteiger partial charge on any atom is 0.338 e. The fourth-order valence-electron chi connectivity index (χ4n) is 3.71. The van der Waals surface area contributed by atoms with Crippen LogP contribution in [-0.2, 0) is 14.8 Å². The van der Waals surface area contributed by atoms with Crippen molar-refractivity contribution in [1.29, 1.82) is 0 Å². The molecular weight excluding hydrogens is 430 g/mol. The van der Waals surface area contributed by atoms with Gasteiger partial charge >= 0.3 is 11.9 Å². The molecule has 1 aromatic carbocycles. The molecular formula is C19H17N3O6S2. The van der Waals surface area contributed by atoms with Crippen LogP contribution in [0, 0.1) is 5.92 Å². The third kappa shape index (κ3) is 3.20. The molecule has 1 aliphatic carbocycles. The van der Waals surface area contributed by atoms with Gasteiger partial charge in [-0.25, -0.2) is 17.9 Å². The maximum absolute atomic E-state index is 13.0. The summed E-state index contributed by atoms with van der Waals surface area (Å²) >= 11 is 0.861. The highest BCUT2D eigenvalue weighted by molar-refractivity contribution is 7.91. The number of nitrogens with zero attached hydrogens (tertiary/aromatic N) is 2. The number of sulfonamides is 1. The number of rotatable bonds is 7. The molecule has 1 saturated carbocycles. The lowest BCUT2D eigenvalue weighted by Gasteiger charge is -2.15. The number of aliphatic carboxylic acids is 1. The summed E-state index contributed by atoms with van der Waals surface area (Å²) in [5.74, 6) is -3.31. The van der Waals surface area contributed by atoms with Crippen molar-refractivity contribution in [3.63, 3.8) is 0 Å². The molecule has 1 fully saturated rings. The Labute approximate surface area is 175 Å². The summed E-state index contributed by atoms with van der Waals surface area (Å²) in [5.41, 5.74) is -0.917. The summed E-state index contributed by atoms with van der Waals surface area (Å²) in [6, 6.07) is 11.7. The van der Waals surface area contributed by atoms with Gasteiger partial charge in [-0.2, -0.15) is 9.82 Å². The lowest BCUT2D eigenvalue weighted by molar-refractivity contribution is -0.140. The second kappa shape index (κ2) is 7.04. The Kier molecular flexibility index (Phi) is 4.76. The lowest BCUT2D eigenvalue weighted by atomic mass is 10.1. The van der Waals surface area contributed by atoms with Gasteiger partial charge in [-0.3, -0.25) is 4.79 Å². The van der Waals surface area contributed by atoms with Crippen LogP contribution in [0.3, 0.4) is 0 Å². The highest BCUT2D eigenvalue weighted by atomic mass is 32.2. The number of carboxylic acid groups (broad SMARTS) is 2. The lowest BCUT2D eigenvalue weighted by Crippen LogP contribution is -2.45. The minimum Gasteiger partial charge on any atom is -0.480 e. The van der Waals surface area contributed by atoms with Crippen molar-refractivity contribution in [2.75, 3.05) is 0 Å². The van der Waals surface area contributed by atoms with E-state index in [1.165, 1.54) is 23.0 Å². The molecule has 11 heteroatoms. The number of hydrogen-bond donors (Lipinski definition) is 3. The van der Waals surface area contributed by atoms with Crippen LogP contribution in [0.5, 0.6) is 0 Å². The molecule has 4 rings (SSSR count). The molecule has 30 heavy (non-hydrogen) atoms. The van der Waals surface area contributed by atoms with Gasteiger partial charge in [-0.05, 0) is 23.6 Å². The highest BCUT2D eigenvalue weighted by Crippen LogP contribution is 2.58. The Balaban J connectivity index is 1.63. The number of thiophene rings is 1. The van der Waals surface area contributed by atoms with Gasteiger partial charge in [0.2, 0.25) is 0 Å². The average molecular weight is 447 g/mol. The predicted octanol–water partition coefficient (Wildman–Crippen LogP) is 2.17. The van der Waals surface area contributed by atoms with E-state index >= 15 is 0 Å². The van der Waals surface area contributed by atoms with Crippen LogP contribution in [0.25, 0.3) is 5.00 Å². The van der Waals surface area contributed by atoms with Gasteiger partial charge in [0.25, 0.3) is 10.0 Å². The zero-order valence-electron chi connectivity index (χ0n) is 15.6. The van der Waals surface area contributed by atoms with Gasteiger partial charge in [0.1, 0.15) is 14.7 Å². The normalized spacial score (nSPS) is 23.2. The number of carboxylic acids is 2. The zero-order chi connectivity index (χ0) is 21.7. The van der Waals surface area contributed by atoms with E-state index in [9.17, 15) is 23.1 Å². The molecule has 0 saturated heterocycles. The second-order valence-corrected chi connectivity index (χ2v) is 10.00. The summed E-state index contributed by atoms with van der Waals surface area (Å²) in [5, 5.41) is 23.2. The van der Waals surface area contributed by atoms with E-state index in [1.807, 2.05) is 0 Å². The molecule has 0 bridgehead atoms. The molecule has 0 unspecified atom stereocenters. The van der Waals surface area contributed by atoms with E-state index in [0.717, 1.165) is 23.1 Å². The molecule has 0 spiro atoms. The number of carbonyl (C=O) groups is 2. The summed E-state index contributed by atoms with van der Waals surface area (Å²) in [7, 11) is -4.14. The number of aromatic nitrogens is 2. The van der Waals surface area contributed by atoms with E-state index < -0.39 is 39.3 Å². The minimum atomic E-state index is -4.14. The van der Waals surface area contributed by atoms with Crippen LogP contribution in [0.4, 0.5) is 0 Å². The summed E-state index contributed by atoms with van der Waals surface area (Å²) < 4.78 is 29.5. The van der Waals surface area contributed by atoms with Crippen molar-refractivity contribution in [3.05, 3.63) is 66.0 Å². The van der Waals surface area contributed by atoms with E-state index in [2.05, 4.69) is 9.82 Å². The first-order chi connectivity index (χ1) is 14.2. The van der Waals surface area contributed by atoms with Gasteiger partial charge < -0.3 is 10.2 Å². The number of nitrogens with one attached hydrogen (secondary N) is 1. The van der Waals surface area contributed by atoms with E-state index in [4.69, 9.17) is 5.11 Å². The third-order valence-electron chi connectivity index (χ3n) is 5.30. The van der Waals surface area contributed by atoms with Gasteiger partial charge in [0, 0.05) is 12.1 Å². The van der Waals surface area contributed by atoms with Crippen molar-refractivity contribution < 1.29 is 28.2 Å². The predicted molar refractivity (Wildman–Crippen MR) is 107 cm³/mol. The van der Waals surface area contributed by atoms with Crippen LogP contribution in [0.15, 0.2) is 59.1 Å². The van der Waals surface area contributed by atoms with E-state index in [0.29, 0.717) is 5.00 Å². The monoisotopic (exact) mass is 447 g/mol. The molecule has 156 valence electrons. The molecule has 0 aliphatic heterocycles. The Morgan fingerprint density at radius 1 is 1.17 bits per heavy atom. The Morgan fingerprint density at radius 3 is 2.47 bits per heavy atom. The van der Waals surface area contributed by atoms with Crippen LogP contribution < -0.4 is 4.72 Å². The zero-order valence-corrected chi connectivity index (χ0v) is 17.2. The fraction of sp³-hybridized carbons (Fsp3) is 0.211. The van der Waals surface area contributed by atoms with Crippen LogP contribution in [0.2, 0.25) is 0 Å². The van der Waals surface area contributed by atoms with Gasteiger partial charge in [0.15, 0.2) is 0 Å². The Bertz CT molecular complexity index is 1230. The molecule has 0 amide bonds. The third-order valence-corrected chi connectivity index (χ3v) is 8.35. The van der Waals surface area contributed by atoms with E-state index in [-0.39, 0.29) is 9.77 Å². The number of hydrogen-bond acceptors (Lipinski definition) is 6. The summed E-state index contributed by atoms with van der Waals surface area (Å²) in [6.07, 6.45) is 2.43. The van der Waals surface area contributed by atoms with Crippen LogP contribution >= 0.6 is 11.3 Å². The fourth-order valence-corrected chi connectivity index (χ4v) is 6.39. The van der Waals surface area contributed by atoms with Crippen LogP contribution in [-0.4, -0.2) is 45.9 Å². The highest BCUT2D eigenvalue weighted by Gasteiger charge is 2.70. The average Bonchev–Trinajstić information content (AvgIpc) is 3.14. The Hall–Kier alpha value is -3.02. The largest absolute Gasteiger partial charge is 0.480 e. The SMILES string of the molecule is C[C@@H]1[C@H](c2ccccc2)[C@]1(NS(=O)(=O)c1ccc(-n2cc(C(=O)O)cn2)s1)C(=O)O. The van der Waals surface area contributed by atoms with Gasteiger partial charge in [0.05, 0.1) is 11.8 Å². The van der Waals surface area contributed by atoms with Crippen molar-refractivity contribution >= 4 is 33.3 Å². The molecule has 9 nitrogen and oxygen atoms in total. The molecule has 3 atom stereocenters. The quantitative estimate of drug-likeness (QED) is 0.504. The topological polar surface area (TPSA) is 139 Å². The first kappa shape index (κ1) is 20.3.